The quantitative estimate of drug-likeness (QED) is 0.752. The van der Waals surface area contributed by atoms with Crippen LogP contribution in [0.3, 0.4) is 0 Å². The molecule has 1 saturated carbocycles. The van der Waals surface area contributed by atoms with Crippen molar-refractivity contribution in [2.75, 3.05) is 12.3 Å². The predicted molar refractivity (Wildman–Crippen MR) is 86.6 cm³/mol. The summed E-state index contributed by atoms with van der Waals surface area (Å²) in [5, 5.41) is 3.78. The molecule has 1 atom stereocenters. The average Bonchev–Trinajstić information content (AvgIpc) is 2.98. The second-order valence-electron chi connectivity index (χ2n) is 5.61. The van der Waals surface area contributed by atoms with Crippen LogP contribution in [0.15, 0.2) is 30.3 Å². The van der Waals surface area contributed by atoms with E-state index in [4.69, 9.17) is 0 Å². The molecular weight excluding hydrogens is 250 g/mol. The highest BCUT2D eigenvalue weighted by atomic mass is 32.2. The fourth-order valence-corrected chi connectivity index (χ4v) is 4.12. The van der Waals surface area contributed by atoms with Gasteiger partial charge in [-0.25, -0.2) is 0 Å². The van der Waals surface area contributed by atoms with Crippen molar-refractivity contribution in [3.8, 4) is 0 Å². The summed E-state index contributed by atoms with van der Waals surface area (Å²) in [6, 6.07) is 11.6. The summed E-state index contributed by atoms with van der Waals surface area (Å²) in [7, 11) is 0. The molecule has 2 rings (SSSR count). The Hall–Kier alpha value is -0.470. The van der Waals surface area contributed by atoms with Gasteiger partial charge in [-0.1, -0.05) is 50.1 Å². The van der Waals surface area contributed by atoms with Gasteiger partial charge in [-0.3, -0.25) is 0 Å². The maximum atomic E-state index is 3.78. The summed E-state index contributed by atoms with van der Waals surface area (Å²) in [4.78, 5) is 0. The van der Waals surface area contributed by atoms with Gasteiger partial charge >= 0.3 is 0 Å². The molecule has 1 N–H and O–H groups in total. The largest absolute Gasteiger partial charge is 0.313 e. The zero-order chi connectivity index (χ0) is 13.3. The van der Waals surface area contributed by atoms with Gasteiger partial charge in [0.2, 0.25) is 0 Å². The van der Waals surface area contributed by atoms with Crippen molar-refractivity contribution >= 4 is 11.8 Å². The lowest BCUT2D eigenvalue weighted by Gasteiger charge is -2.24. The van der Waals surface area contributed by atoms with Crippen molar-refractivity contribution in [3.05, 3.63) is 35.9 Å². The number of rotatable bonds is 8. The molecule has 1 unspecified atom stereocenters. The molecule has 1 aliphatic rings. The maximum absolute atomic E-state index is 3.78. The molecule has 106 valence electrons. The molecular formula is C17H27NS. The summed E-state index contributed by atoms with van der Waals surface area (Å²) in [6.45, 7) is 3.43. The van der Waals surface area contributed by atoms with Crippen LogP contribution in [-0.4, -0.2) is 18.3 Å². The lowest BCUT2D eigenvalue weighted by molar-refractivity contribution is 0.388. The van der Waals surface area contributed by atoms with Gasteiger partial charge in [0.05, 0.1) is 0 Å². The van der Waals surface area contributed by atoms with E-state index in [1.807, 2.05) is 0 Å². The molecule has 0 amide bonds. The third kappa shape index (κ3) is 5.19. The zero-order valence-electron chi connectivity index (χ0n) is 12.1. The Morgan fingerprint density at radius 3 is 2.63 bits per heavy atom. The second kappa shape index (κ2) is 8.65. The summed E-state index contributed by atoms with van der Waals surface area (Å²) in [6.07, 6.45) is 7.00. The fraction of sp³-hybridized carbons (Fsp3) is 0.647. The van der Waals surface area contributed by atoms with Crippen molar-refractivity contribution in [1.29, 1.82) is 0 Å². The lowest BCUT2D eigenvalue weighted by Crippen LogP contribution is -2.37. The summed E-state index contributed by atoms with van der Waals surface area (Å²) in [5.41, 5.74) is 1.45. The molecule has 1 aromatic rings. The van der Waals surface area contributed by atoms with Gasteiger partial charge in [0.15, 0.2) is 0 Å². The molecule has 0 heterocycles. The number of hydrogen-bond acceptors (Lipinski definition) is 2. The van der Waals surface area contributed by atoms with E-state index in [0.29, 0.717) is 0 Å². The van der Waals surface area contributed by atoms with Gasteiger partial charge in [-0.15, -0.1) is 0 Å². The Labute approximate surface area is 122 Å². The van der Waals surface area contributed by atoms with Gasteiger partial charge in [-0.2, -0.15) is 11.8 Å². The van der Waals surface area contributed by atoms with E-state index >= 15 is 0 Å². The van der Waals surface area contributed by atoms with Gasteiger partial charge < -0.3 is 5.32 Å². The molecule has 0 saturated heterocycles. The number of benzene rings is 1. The van der Waals surface area contributed by atoms with Crippen LogP contribution in [0.5, 0.6) is 0 Å². The first kappa shape index (κ1) is 14.9. The summed E-state index contributed by atoms with van der Waals surface area (Å²) < 4.78 is 0. The van der Waals surface area contributed by atoms with Crippen molar-refractivity contribution in [2.24, 2.45) is 5.92 Å². The minimum absolute atomic E-state index is 0.733. The number of nitrogens with one attached hydrogen (secondary N) is 1. The van der Waals surface area contributed by atoms with Gasteiger partial charge in [0.25, 0.3) is 0 Å². The maximum Gasteiger partial charge on any atom is 0.0186 e. The number of thioether (sulfide) groups is 1. The highest BCUT2D eigenvalue weighted by Gasteiger charge is 2.24. The Balaban J connectivity index is 1.75. The SMILES string of the molecule is CCCNC(CSCc1ccccc1)C1CCCC1. The van der Waals surface area contributed by atoms with Crippen LogP contribution in [-0.2, 0) is 5.75 Å². The number of hydrogen-bond donors (Lipinski definition) is 1. The first-order valence-corrected chi connectivity index (χ1v) is 8.90. The van der Waals surface area contributed by atoms with Crippen LogP contribution in [0.1, 0.15) is 44.6 Å². The molecule has 2 heteroatoms. The second-order valence-corrected chi connectivity index (χ2v) is 6.64. The third-order valence-electron chi connectivity index (χ3n) is 4.03. The minimum Gasteiger partial charge on any atom is -0.313 e. The van der Waals surface area contributed by atoms with Crippen LogP contribution in [0.25, 0.3) is 0 Å². The smallest absolute Gasteiger partial charge is 0.0186 e. The van der Waals surface area contributed by atoms with Crippen LogP contribution < -0.4 is 5.32 Å². The molecule has 1 nitrogen and oxygen atoms in total. The van der Waals surface area contributed by atoms with Crippen LogP contribution in [0.4, 0.5) is 0 Å². The van der Waals surface area contributed by atoms with Crippen LogP contribution >= 0.6 is 11.8 Å². The molecule has 1 fully saturated rings. The Kier molecular flexibility index (Phi) is 6.80. The molecule has 1 aliphatic carbocycles. The van der Waals surface area contributed by atoms with Crippen molar-refractivity contribution in [2.45, 2.75) is 50.8 Å². The zero-order valence-corrected chi connectivity index (χ0v) is 12.9. The van der Waals surface area contributed by atoms with E-state index in [9.17, 15) is 0 Å². The third-order valence-corrected chi connectivity index (χ3v) is 5.17. The molecule has 19 heavy (non-hydrogen) atoms. The Morgan fingerprint density at radius 1 is 1.21 bits per heavy atom. The highest BCUT2D eigenvalue weighted by molar-refractivity contribution is 7.98. The first-order valence-electron chi connectivity index (χ1n) is 7.75. The summed E-state index contributed by atoms with van der Waals surface area (Å²) in [5.74, 6) is 3.34. The normalized spacial score (nSPS) is 17.7. The van der Waals surface area contributed by atoms with Gasteiger partial charge in [0, 0.05) is 17.5 Å². The van der Waals surface area contributed by atoms with Crippen molar-refractivity contribution in [1.82, 2.24) is 5.32 Å². The van der Waals surface area contributed by atoms with Crippen LogP contribution in [0.2, 0.25) is 0 Å². The van der Waals surface area contributed by atoms with E-state index in [0.717, 1.165) is 17.7 Å². The summed E-state index contributed by atoms with van der Waals surface area (Å²) >= 11 is 2.09. The molecule has 0 spiro atoms. The predicted octanol–water partition coefficient (Wildman–Crippen LogP) is 4.48. The van der Waals surface area contributed by atoms with E-state index in [1.165, 1.54) is 50.0 Å². The molecule has 0 aromatic heterocycles. The Morgan fingerprint density at radius 2 is 1.95 bits per heavy atom. The van der Waals surface area contributed by atoms with Crippen molar-refractivity contribution in [3.63, 3.8) is 0 Å². The molecule has 0 aliphatic heterocycles. The Bertz CT molecular complexity index is 332. The minimum atomic E-state index is 0.733. The molecule has 0 bridgehead atoms. The van der Waals surface area contributed by atoms with Crippen molar-refractivity contribution < 1.29 is 0 Å². The van der Waals surface area contributed by atoms with E-state index in [1.54, 1.807) is 0 Å². The van der Waals surface area contributed by atoms with Gasteiger partial charge in [-0.05, 0) is 37.3 Å². The van der Waals surface area contributed by atoms with Gasteiger partial charge in [0.1, 0.15) is 0 Å². The lowest BCUT2D eigenvalue weighted by atomic mass is 10.00. The van der Waals surface area contributed by atoms with E-state index < -0.39 is 0 Å². The monoisotopic (exact) mass is 277 g/mol. The van der Waals surface area contributed by atoms with E-state index in [-0.39, 0.29) is 0 Å². The first-order chi connectivity index (χ1) is 9.40. The molecule has 0 radical (unpaired) electrons. The fourth-order valence-electron chi connectivity index (χ4n) is 2.93. The standard InChI is InChI=1S/C17H27NS/c1-2-12-18-17(16-10-6-7-11-16)14-19-13-15-8-4-3-5-9-15/h3-5,8-9,16-18H,2,6-7,10-14H2,1H3. The van der Waals surface area contributed by atoms with Crippen LogP contribution in [0, 0.1) is 5.92 Å². The topological polar surface area (TPSA) is 12.0 Å². The molecule has 1 aromatic carbocycles. The van der Waals surface area contributed by atoms with E-state index in [2.05, 4.69) is 54.3 Å². The average molecular weight is 277 g/mol. The highest BCUT2D eigenvalue weighted by Crippen LogP contribution is 2.29.